The number of urea groups is 1. The van der Waals surface area contributed by atoms with Crippen LogP contribution in [0.5, 0.6) is 0 Å². The van der Waals surface area contributed by atoms with Crippen LogP contribution in [0.15, 0.2) is 4.99 Å². The Morgan fingerprint density at radius 1 is 1.11 bits per heavy atom. The Morgan fingerprint density at radius 3 is 1.26 bits per heavy atom. The summed E-state index contributed by atoms with van der Waals surface area (Å²) in [6, 6.07) is -0.495. The molecule has 0 aromatic rings. The van der Waals surface area contributed by atoms with E-state index in [4.69, 9.17) is 28.3 Å². The van der Waals surface area contributed by atoms with Crippen molar-refractivity contribution in [2.75, 3.05) is 21.1 Å². The number of nitrogens with one attached hydrogen (secondary N) is 3. The van der Waals surface area contributed by atoms with Crippen LogP contribution in [0.4, 0.5) is 4.79 Å². The van der Waals surface area contributed by atoms with E-state index in [0.29, 0.717) is 5.11 Å². The van der Waals surface area contributed by atoms with Gasteiger partial charge in [0.25, 0.3) is 0 Å². The highest BCUT2D eigenvalue weighted by Gasteiger charge is 1.72. The summed E-state index contributed by atoms with van der Waals surface area (Å²) in [5.74, 6) is 0.296. The van der Waals surface area contributed by atoms with Crippen LogP contribution in [-0.2, 0) is 0 Å². The molecule has 0 aliphatic carbocycles. The molecule has 0 unspecified atom stereocenters. The Labute approximate surface area is 118 Å². The number of nitrogens with two attached hydrogens (primary N) is 5. The molecule has 13 N–H and O–H groups in total. The van der Waals surface area contributed by atoms with Gasteiger partial charge >= 0.3 is 6.03 Å². The first-order valence-corrected chi connectivity index (χ1v) is 5.18. The number of carbonyl (C=O) groups is 1. The van der Waals surface area contributed by atoms with Gasteiger partial charge in [-0.15, -0.1) is 0 Å². The van der Waals surface area contributed by atoms with Crippen molar-refractivity contribution in [1.82, 2.24) is 10.6 Å². The fourth-order valence-electron chi connectivity index (χ4n) is 0. The van der Waals surface area contributed by atoms with Gasteiger partial charge in [0.2, 0.25) is 0 Å². The SMILES string of the molecule is CC(=N)N.CN=C(N)N.CNC(N)=O.CNC(N)=S. The third kappa shape index (κ3) is 215. The van der Waals surface area contributed by atoms with E-state index in [9.17, 15) is 4.79 Å². The number of carbonyl (C=O) groups excluding carboxylic acids is 1. The lowest BCUT2D eigenvalue weighted by molar-refractivity contribution is 0.251. The second-order valence-corrected chi connectivity index (χ2v) is 3.00. The van der Waals surface area contributed by atoms with Crippen LogP contribution in [0.2, 0.25) is 0 Å². The maximum Gasteiger partial charge on any atom is 0.311 e. The van der Waals surface area contributed by atoms with Crippen LogP contribution in [0.1, 0.15) is 6.92 Å². The number of hydrogen-bond acceptors (Lipinski definition) is 4. The average Bonchev–Trinajstić information content (AvgIpc) is 2.29. The lowest BCUT2D eigenvalue weighted by Crippen LogP contribution is -2.24. The largest absolute Gasteiger partial charge is 0.388 e. The molecule has 0 saturated heterocycles. The van der Waals surface area contributed by atoms with E-state index in [-0.39, 0.29) is 11.8 Å². The smallest absolute Gasteiger partial charge is 0.311 e. The molecule has 0 fully saturated rings. The summed E-state index contributed by atoms with van der Waals surface area (Å²) in [4.78, 5) is 12.8. The Bertz CT molecular complexity index is 257. The normalized spacial score (nSPS) is 6.53. The lowest BCUT2D eigenvalue weighted by Gasteiger charge is -1.85. The molecule has 0 heterocycles. The summed E-state index contributed by atoms with van der Waals surface area (Å²) in [7, 11) is 4.69. The highest BCUT2D eigenvalue weighted by Crippen LogP contribution is 1.43. The number of thiocarbonyl (C=S) groups is 1. The third-order valence-corrected chi connectivity index (χ3v) is 0.955. The topological polar surface area (TPSA) is 207 Å². The molecule has 2 amide bonds. The molecule has 0 aromatic heterocycles. The molecule has 19 heavy (non-hydrogen) atoms. The minimum absolute atomic E-state index is 0.130. The van der Waals surface area contributed by atoms with Crippen LogP contribution < -0.4 is 39.3 Å². The molecular weight excluding hydrogens is 270 g/mol. The molecule has 10 nitrogen and oxygen atoms in total. The predicted octanol–water partition coefficient (Wildman–Crippen LogP) is -2.43. The van der Waals surface area contributed by atoms with Crippen LogP contribution in [-0.4, -0.2) is 44.1 Å². The van der Waals surface area contributed by atoms with Gasteiger partial charge in [-0.2, -0.15) is 0 Å². The molecule has 11 heteroatoms. The number of amides is 2. The Balaban J connectivity index is -0.0000000793. The van der Waals surface area contributed by atoms with Crippen LogP contribution >= 0.6 is 12.2 Å². The van der Waals surface area contributed by atoms with Crippen molar-refractivity contribution in [3.8, 4) is 0 Å². The van der Waals surface area contributed by atoms with Gasteiger partial charge in [-0.25, -0.2) is 4.79 Å². The molecule has 0 aromatic carbocycles. The molecule has 0 radical (unpaired) electrons. The van der Waals surface area contributed by atoms with Gasteiger partial charge in [0.15, 0.2) is 11.1 Å². The van der Waals surface area contributed by atoms with Crippen LogP contribution in [0.25, 0.3) is 0 Å². The molecule has 0 aliphatic rings. The van der Waals surface area contributed by atoms with E-state index in [1.807, 2.05) is 0 Å². The van der Waals surface area contributed by atoms with E-state index in [0.717, 1.165) is 0 Å². The predicted molar refractivity (Wildman–Crippen MR) is 83.8 cm³/mol. The molecule has 0 rings (SSSR count). The van der Waals surface area contributed by atoms with Gasteiger partial charge in [0, 0.05) is 21.1 Å². The highest BCUT2D eigenvalue weighted by molar-refractivity contribution is 7.80. The zero-order chi connectivity index (χ0) is 16.4. The van der Waals surface area contributed by atoms with Crippen molar-refractivity contribution in [2.45, 2.75) is 6.92 Å². The number of guanidine groups is 1. The van der Waals surface area contributed by atoms with E-state index in [1.165, 1.54) is 21.0 Å². The van der Waals surface area contributed by atoms with Crippen molar-refractivity contribution < 1.29 is 4.79 Å². The summed E-state index contributed by atoms with van der Waals surface area (Å²) in [5.41, 5.74) is 23.8. The van der Waals surface area contributed by atoms with Gasteiger partial charge in [-0.3, -0.25) is 10.4 Å². The molecule has 0 bridgehead atoms. The quantitative estimate of drug-likeness (QED) is 0.137. The van der Waals surface area contributed by atoms with E-state index >= 15 is 0 Å². The number of rotatable bonds is 0. The number of nitrogens with zero attached hydrogens (tertiary/aromatic N) is 1. The number of primary amides is 1. The maximum atomic E-state index is 9.48. The Kier molecular flexibility index (Phi) is 28.3. The summed E-state index contributed by atoms with van der Waals surface area (Å²) < 4.78 is 0. The van der Waals surface area contributed by atoms with Gasteiger partial charge in [-0.1, -0.05) is 0 Å². The second-order valence-electron chi connectivity index (χ2n) is 2.56. The summed E-state index contributed by atoms with van der Waals surface area (Å²) in [6.07, 6.45) is 0. The zero-order valence-electron chi connectivity index (χ0n) is 11.7. The fourth-order valence-corrected chi connectivity index (χ4v) is 0. The second kappa shape index (κ2) is 21.0. The van der Waals surface area contributed by atoms with E-state index < -0.39 is 6.03 Å². The first-order valence-electron chi connectivity index (χ1n) is 4.77. The zero-order valence-corrected chi connectivity index (χ0v) is 12.5. The van der Waals surface area contributed by atoms with Gasteiger partial charge in [0.1, 0.15) is 0 Å². The maximum absolute atomic E-state index is 9.48. The molecular formula is C8H25N9OS. The monoisotopic (exact) mass is 295 g/mol. The van der Waals surface area contributed by atoms with E-state index in [2.05, 4.69) is 33.6 Å². The van der Waals surface area contributed by atoms with Crippen molar-refractivity contribution in [1.29, 1.82) is 5.41 Å². The summed E-state index contributed by atoms with van der Waals surface area (Å²) >= 11 is 4.36. The molecule has 0 spiro atoms. The van der Waals surface area contributed by atoms with Gasteiger partial charge < -0.3 is 39.3 Å². The minimum Gasteiger partial charge on any atom is -0.388 e. The van der Waals surface area contributed by atoms with Crippen molar-refractivity contribution in [3.05, 3.63) is 0 Å². The third-order valence-electron chi connectivity index (χ3n) is 0.751. The fraction of sp³-hybridized carbons (Fsp3) is 0.500. The van der Waals surface area contributed by atoms with Crippen molar-refractivity contribution in [2.24, 2.45) is 33.7 Å². The number of hydrogen-bond donors (Lipinski definition) is 8. The minimum atomic E-state index is -0.495. The van der Waals surface area contributed by atoms with Crippen molar-refractivity contribution >= 4 is 35.2 Å². The standard InChI is InChI=1S/C2H7N3.C2H6N2O.C2H6N2S.C2H6N2/c1-5-2(3)4;2*1-4-2(3)5;1-2(3)4/h1H3,(H4,3,4,5);2*1H3,(H3,3,4,5);1H3,(H3,3,4). The number of aliphatic imine (C=N–C) groups is 1. The molecule has 0 aliphatic heterocycles. The van der Waals surface area contributed by atoms with Crippen LogP contribution in [0.3, 0.4) is 0 Å². The average molecular weight is 295 g/mol. The Hall–Kier alpha value is -2.30. The van der Waals surface area contributed by atoms with E-state index in [1.54, 1.807) is 7.05 Å². The summed E-state index contributed by atoms with van der Waals surface area (Å²) in [5, 5.41) is 11.3. The van der Waals surface area contributed by atoms with Gasteiger partial charge in [-0.05, 0) is 19.1 Å². The first-order chi connectivity index (χ1) is 8.54. The summed E-state index contributed by atoms with van der Waals surface area (Å²) in [6.45, 7) is 1.53. The van der Waals surface area contributed by atoms with Crippen LogP contribution in [0, 0.1) is 5.41 Å². The first kappa shape index (κ1) is 25.5. The van der Waals surface area contributed by atoms with Crippen molar-refractivity contribution in [3.63, 3.8) is 0 Å². The number of amidine groups is 1. The van der Waals surface area contributed by atoms with Gasteiger partial charge in [0.05, 0.1) is 5.84 Å². The molecule has 114 valence electrons. The molecule has 0 saturated carbocycles. The highest BCUT2D eigenvalue weighted by atomic mass is 32.1. The molecule has 0 atom stereocenters. The lowest BCUT2D eigenvalue weighted by atomic mass is 10.8. The Morgan fingerprint density at radius 2 is 1.26 bits per heavy atom.